The predicted octanol–water partition coefficient (Wildman–Crippen LogP) is 5.51. The Bertz CT molecular complexity index is 1160. The van der Waals surface area contributed by atoms with Crippen LogP contribution in [-0.2, 0) is 5.54 Å². The molecule has 7 heteroatoms. The van der Waals surface area contributed by atoms with Crippen LogP contribution < -0.4 is 10.6 Å². The Labute approximate surface area is 205 Å². The molecule has 34 heavy (non-hydrogen) atoms. The van der Waals surface area contributed by atoms with E-state index in [1.54, 1.807) is 18.2 Å². The van der Waals surface area contributed by atoms with Crippen LogP contribution in [0.1, 0.15) is 41.6 Å². The average molecular weight is 477 g/mol. The second kappa shape index (κ2) is 9.65. The lowest BCUT2D eigenvalue weighted by atomic mass is 9.92. The lowest BCUT2D eigenvalue weighted by Gasteiger charge is -2.38. The number of benzene rings is 2. The fourth-order valence-electron chi connectivity index (χ4n) is 5.03. The molecule has 0 spiro atoms. The number of aromatic nitrogens is 1. The SMILES string of the molecule is O=C(Nc1ccc(Cl)cn1)c1ccccc1NCC1CCN(C2(c3ccccc3O)CC2)CC1. The first kappa shape index (κ1) is 22.7. The Morgan fingerprint density at radius 3 is 2.50 bits per heavy atom. The third-order valence-corrected chi connectivity index (χ3v) is 7.29. The van der Waals surface area contributed by atoms with Crippen molar-refractivity contribution < 1.29 is 9.90 Å². The zero-order chi connectivity index (χ0) is 23.5. The van der Waals surface area contributed by atoms with Crippen molar-refractivity contribution in [2.45, 2.75) is 31.2 Å². The quantitative estimate of drug-likeness (QED) is 0.419. The molecule has 1 saturated heterocycles. The normalized spacial score (nSPS) is 17.8. The summed E-state index contributed by atoms with van der Waals surface area (Å²) in [5.41, 5.74) is 2.50. The monoisotopic (exact) mass is 476 g/mol. The molecule has 1 aliphatic carbocycles. The zero-order valence-electron chi connectivity index (χ0n) is 19.0. The Morgan fingerprint density at radius 1 is 1.06 bits per heavy atom. The van der Waals surface area contributed by atoms with Gasteiger partial charge in [0.1, 0.15) is 11.6 Å². The Kier molecular flexibility index (Phi) is 6.44. The number of nitrogens with one attached hydrogen (secondary N) is 2. The molecule has 2 aliphatic rings. The van der Waals surface area contributed by atoms with Gasteiger partial charge in [-0.1, -0.05) is 41.9 Å². The number of rotatable bonds is 7. The van der Waals surface area contributed by atoms with Gasteiger partial charge in [0.25, 0.3) is 5.91 Å². The molecule has 6 nitrogen and oxygen atoms in total. The number of amides is 1. The highest BCUT2D eigenvalue weighted by atomic mass is 35.5. The van der Waals surface area contributed by atoms with E-state index < -0.39 is 0 Å². The number of carbonyl (C=O) groups excluding carboxylic acids is 1. The molecule has 0 atom stereocenters. The van der Waals surface area contributed by atoms with Crippen LogP contribution in [0.3, 0.4) is 0 Å². The molecule has 1 amide bonds. The van der Waals surface area contributed by atoms with Crippen LogP contribution >= 0.6 is 11.6 Å². The summed E-state index contributed by atoms with van der Waals surface area (Å²) in [5, 5.41) is 17.2. The molecule has 3 N–H and O–H groups in total. The first-order chi connectivity index (χ1) is 16.5. The van der Waals surface area contributed by atoms with Crippen LogP contribution in [0.25, 0.3) is 0 Å². The third-order valence-electron chi connectivity index (χ3n) is 7.07. The number of phenols is 1. The number of carbonyl (C=O) groups is 1. The minimum atomic E-state index is -0.203. The van der Waals surface area contributed by atoms with Crippen molar-refractivity contribution in [2.75, 3.05) is 30.3 Å². The van der Waals surface area contributed by atoms with Crippen molar-refractivity contribution in [1.82, 2.24) is 9.88 Å². The number of hydrogen-bond acceptors (Lipinski definition) is 5. The van der Waals surface area contributed by atoms with E-state index in [4.69, 9.17) is 11.6 Å². The number of likely N-dealkylation sites (tertiary alicyclic amines) is 1. The highest BCUT2D eigenvalue weighted by Gasteiger charge is 2.51. The maximum atomic E-state index is 12.8. The zero-order valence-corrected chi connectivity index (χ0v) is 19.8. The van der Waals surface area contributed by atoms with Crippen LogP contribution in [0, 0.1) is 5.92 Å². The van der Waals surface area contributed by atoms with Gasteiger partial charge in [-0.3, -0.25) is 9.69 Å². The molecule has 1 aromatic heterocycles. The van der Waals surface area contributed by atoms with Crippen molar-refractivity contribution in [3.05, 3.63) is 83.0 Å². The lowest BCUT2D eigenvalue weighted by Crippen LogP contribution is -2.42. The summed E-state index contributed by atoms with van der Waals surface area (Å²) < 4.78 is 0. The summed E-state index contributed by atoms with van der Waals surface area (Å²) in [5.74, 6) is 1.21. The predicted molar refractivity (Wildman–Crippen MR) is 135 cm³/mol. The van der Waals surface area contributed by atoms with Crippen molar-refractivity contribution in [1.29, 1.82) is 0 Å². The smallest absolute Gasteiger partial charge is 0.258 e. The third kappa shape index (κ3) is 4.74. The summed E-state index contributed by atoms with van der Waals surface area (Å²) in [6.07, 6.45) is 5.91. The fraction of sp³-hybridized carbons (Fsp3) is 0.333. The second-order valence-corrected chi connectivity index (χ2v) is 9.66. The number of phenolic OH excluding ortho intramolecular Hbond substituents is 1. The number of nitrogens with zero attached hydrogens (tertiary/aromatic N) is 2. The largest absolute Gasteiger partial charge is 0.508 e. The van der Waals surface area contributed by atoms with Gasteiger partial charge in [-0.15, -0.1) is 0 Å². The Hall–Kier alpha value is -3.09. The fourth-order valence-corrected chi connectivity index (χ4v) is 5.14. The van der Waals surface area contributed by atoms with Gasteiger partial charge in [0.05, 0.1) is 10.6 Å². The molecule has 5 rings (SSSR count). The number of aromatic hydroxyl groups is 1. The van der Waals surface area contributed by atoms with Crippen LogP contribution in [0.5, 0.6) is 5.75 Å². The van der Waals surface area contributed by atoms with E-state index in [1.165, 1.54) is 6.20 Å². The summed E-state index contributed by atoms with van der Waals surface area (Å²) in [7, 11) is 0. The highest BCUT2D eigenvalue weighted by molar-refractivity contribution is 6.30. The Balaban J connectivity index is 1.17. The van der Waals surface area contributed by atoms with Crippen LogP contribution in [0.4, 0.5) is 11.5 Å². The molecule has 1 saturated carbocycles. The molecule has 0 unspecified atom stereocenters. The molecule has 0 bridgehead atoms. The van der Waals surface area contributed by atoms with Gasteiger partial charge in [-0.05, 0) is 75.0 Å². The number of para-hydroxylation sites is 2. The number of pyridine rings is 1. The van der Waals surface area contributed by atoms with E-state index in [0.717, 1.165) is 56.6 Å². The second-order valence-electron chi connectivity index (χ2n) is 9.22. The molecular formula is C27H29ClN4O2. The molecule has 2 heterocycles. The van der Waals surface area contributed by atoms with Gasteiger partial charge in [0.2, 0.25) is 0 Å². The molecule has 0 radical (unpaired) electrons. The van der Waals surface area contributed by atoms with Gasteiger partial charge in [-0.2, -0.15) is 0 Å². The number of halogens is 1. The summed E-state index contributed by atoms with van der Waals surface area (Å²) in [6, 6.07) is 18.7. The van der Waals surface area contributed by atoms with E-state index in [2.05, 4.69) is 26.6 Å². The van der Waals surface area contributed by atoms with Crippen molar-refractivity contribution in [2.24, 2.45) is 5.92 Å². The Morgan fingerprint density at radius 2 is 1.79 bits per heavy atom. The lowest BCUT2D eigenvalue weighted by molar-refractivity contribution is 0.102. The first-order valence-electron chi connectivity index (χ1n) is 11.8. The minimum Gasteiger partial charge on any atom is -0.508 e. The van der Waals surface area contributed by atoms with Crippen molar-refractivity contribution in [3.63, 3.8) is 0 Å². The molecule has 176 valence electrons. The summed E-state index contributed by atoms with van der Waals surface area (Å²) in [6.45, 7) is 2.86. The molecule has 3 aromatic rings. The van der Waals surface area contributed by atoms with Crippen LogP contribution in [-0.4, -0.2) is 40.5 Å². The van der Waals surface area contributed by atoms with Crippen molar-refractivity contribution in [3.8, 4) is 5.75 Å². The summed E-state index contributed by atoms with van der Waals surface area (Å²) >= 11 is 5.88. The molecule has 2 fully saturated rings. The van der Waals surface area contributed by atoms with Gasteiger partial charge >= 0.3 is 0 Å². The van der Waals surface area contributed by atoms with E-state index in [-0.39, 0.29) is 11.4 Å². The van der Waals surface area contributed by atoms with Gasteiger partial charge in [0, 0.05) is 29.5 Å². The van der Waals surface area contributed by atoms with E-state index in [9.17, 15) is 9.90 Å². The maximum Gasteiger partial charge on any atom is 0.258 e. The molecule has 2 aromatic carbocycles. The van der Waals surface area contributed by atoms with Crippen LogP contribution in [0.15, 0.2) is 66.9 Å². The van der Waals surface area contributed by atoms with Gasteiger partial charge in [-0.25, -0.2) is 4.98 Å². The van der Waals surface area contributed by atoms with Crippen molar-refractivity contribution >= 4 is 29.0 Å². The molecular weight excluding hydrogens is 448 g/mol. The minimum absolute atomic E-state index is 0.0180. The topological polar surface area (TPSA) is 77.5 Å². The summed E-state index contributed by atoms with van der Waals surface area (Å²) in [4.78, 5) is 19.5. The maximum absolute atomic E-state index is 12.8. The van der Waals surface area contributed by atoms with Gasteiger partial charge < -0.3 is 15.7 Å². The number of piperidine rings is 1. The highest BCUT2D eigenvalue weighted by Crippen LogP contribution is 2.54. The average Bonchev–Trinajstić information content (AvgIpc) is 3.67. The number of anilines is 2. The van der Waals surface area contributed by atoms with Gasteiger partial charge in [0.15, 0.2) is 0 Å². The first-order valence-corrected chi connectivity index (χ1v) is 12.2. The molecule has 1 aliphatic heterocycles. The van der Waals surface area contributed by atoms with E-state index in [0.29, 0.717) is 28.1 Å². The van der Waals surface area contributed by atoms with E-state index in [1.807, 2.05) is 36.4 Å². The number of hydrogen-bond donors (Lipinski definition) is 3. The van der Waals surface area contributed by atoms with E-state index >= 15 is 0 Å². The van der Waals surface area contributed by atoms with Crippen LogP contribution in [0.2, 0.25) is 5.02 Å². The standard InChI is InChI=1S/C27H29ClN4O2/c28-20-9-10-25(30-18-20)31-26(34)21-5-1-3-7-23(21)29-17-19-11-15-32(16-12-19)27(13-14-27)22-6-2-4-8-24(22)33/h1-10,18-19,29,33H,11-17H2,(H,30,31,34).